The Balaban J connectivity index is 1.30. The molecule has 0 unspecified atom stereocenters. The van der Waals surface area contributed by atoms with Gasteiger partial charge in [0.15, 0.2) is 0 Å². The van der Waals surface area contributed by atoms with Gasteiger partial charge in [0, 0.05) is 71.0 Å². The van der Waals surface area contributed by atoms with Crippen molar-refractivity contribution in [3.8, 4) is 0 Å². The molecule has 2 atom stereocenters. The zero-order valence-electron chi connectivity index (χ0n) is 14.9. The smallest absolute Gasteiger partial charge is 0.0252 e. The van der Waals surface area contributed by atoms with Gasteiger partial charge in [-0.1, -0.05) is 36.8 Å². The molecule has 0 bridgehead atoms. The van der Waals surface area contributed by atoms with Crippen LogP contribution in [0.3, 0.4) is 0 Å². The zero-order chi connectivity index (χ0) is 16.2. The lowest BCUT2D eigenvalue weighted by molar-refractivity contribution is 0.0466. The molecule has 4 heteroatoms. The fraction of sp³-hybridized carbons (Fsp3) is 0.700. The van der Waals surface area contributed by atoms with Gasteiger partial charge in [-0.15, -0.1) is 0 Å². The molecule has 0 amide bonds. The predicted octanol–water partition coefficient (Wildman–Crippen LogP) is 1.63. The van der Waals surface area contributed by atoms with E-state index in [0.29, 0.717) is 0 Å². The Bertz CT molecular complexity index is 492. The molecule has 0 aromatic heterocycles. The van der Waals surface area contributed by atoms with E-state index in [9.17, 15) is 0 Å². The molecule has 2 saturated heterocycles. The molecule has 2 heterocycles. The Morgan fingerprint density at radius 1 is 0.792 bits per heavy atom. The number of nitrogens with zero attached hydrogens (tertiary/aromatic N) is 3. The van der Waals surface area contributed by atoms with Crippen molar-refractivity contribution in [1.82, 2.24) is 20.0 Å². The van der Waals surface area contributed by atoms with Crippen LogP contribution in [-0.2, 0) is 6.54 Å². The molecule has 1 saturated carbocycles. The van der Waals surface area contributed by atoms with Crippen molar-refractivity contribution in [2.45, 2.75) is 37.9 Å². The van der Waals surface area contributed by atoms with E-state index in [0.717, 1.165) is 18.6 Å². The van der Waals surface area contributed by atoms with E-state index in [2.05, 4.69) is 50.3 Å². The van der Waals surface area contributed by atoms with E-state index >= 15 is 0 Å². The molecule has 4 nitrogen and oxygen atoms in total. The van der Waals surface area contributed by atoms with Crippen LogP contribution in [-0.4, -0.2) is 79.1 Å². The topological polar surface area (TPSA) is 21.8 Å². The summed E-state index contributed by atoms with van der Waals surface area (Å²) in [5.41, 5.74) is 1.45. The van der Waals surface area contributed by atoms with Gasteiger partial charge in [-0.05, 0) is 18.4 Å². The molecule has 1 N–H and O–H groups in total. The summed E-state index contributed by atoms with van der Waals surface area (Å²) < 4.78 is 0. The van der Waals surface area contributed by atoms with Crippen molar-refractivity contribution in [3.05, 3.63) is 35.9 Å². The van der Waals surface area contributed by atoms with Crippen molar-refractivity contribution in [2.75, 3.05) is 52.4 Å². The van der Waals surface area contributed by atoms with E-state index in [4.69, 9.17) is 0 Å². The highest BCUT2D eigenvalue weighted by Crippen LogP contribution is 2.29. The van der Waals surface area contributed by atoms with Gasteiger partial charge in [-0.3, -0.25) is 14.7 Å². The third kappa shape index (κ3) is 3.83. The second kappa shape index (κ2) is 7.96. The fourth-order valence-corrected chi connectivity index (χ4v) is 4.88. The Morgan fingerprint density at radius 2 is 1.42 bits per heavy atom. The first-order chi connectivity index (χ1) is 11.9. The lowest BCUT2D eigenvalue weighted by Crippen LogP contribution is -2.57. The molecule has 1 aromatic carbocycles. The van der Waals surface area contributed by atoms with Crippen LogP contribution in [0.4, 0.5) is 0 Å². The summed E-state index contributed by atoms with van der Waals surface area (Å²) in [6.07, 6.45) is 4.24. The molecule has 1 aliphatic carbocycles. The standard InChI is InChI=1S/C20H32N4/c1-2-5-18(6-3-1)17-22-13-15-24(16-14-22)20-8-4-7-19(20)23-11-9-21-10-12-23/h1-3,5-6,19-21H,4,7-17H2/t19-,20-/m0/s1. The number of hydrogen-bond donors (Lipinski definition) is 1. The molecule has 1 aromatic rings. The quantitative estimate of drug-likeness (QED) is 0.907. The van der Waals surface area contributed by atoms with E-state index in [1.807, 2.05) is 0 Å². The van der Waals surface area contributed by atoms with Crippen LogP contribution in [0.1, 0.15) is 24.8 Å². The molecule has 132 valence electrons. The van der Waals surface area contributed by atoms with Gasteiger partial charge in [0.05, 0.1) is 0 Å². The molecule has 24 heavy (non-hydrogen) atoms. The van der Waals surface area contributed by atoms with Crippen molar-refractivity contribution < 1.29 is 0 Å². The molecule has 4 rings (SSSR count). The maximum Gasteiger partial charge on any atom is 0.0252 e. The van der Waals surface area contributed by atoms with Crippen LogP contribution in [0.15, 0.2) is 30.3 Å². The summed E-state index contributed by atoms with van der Waals surface area (Å²) >= 11 is 0. The highest BCUT2D eigenvalue weighted by molar-refractivity contribution is 5.14. The molecule has 3 fully saturated rings. The Morgan fingerprint density at radius 3 is 2.08 bits per heavy atom. The highest BCUT2D eigenvalue weighted by atomic mass is 15.3. The highest BCUT2D eigenvalue weighted by Gasteiger charge is 2.37. The summed E-state index contributed by atoms with van der Waals surface area (Å²) in [5.74, 6) is 0. The summed E-state index contributed by atoms with van der Waals surface area (Å²) in [4.78, 5) is 8.20. The third-order valence-corrected chi connectivity index (χ3v) is 6.19. The fourth-order valence-electron chi connectivity index (χ4n) is 4.88. The van der Waals surface area contributed by atoms with Gasteiger partial charge in [-0.25, -0.2) is 0 Å². The molecule has 0 spiro atoms. The third-order valence-electron chi connectivity index (χ3n) is 6.19. The van der Waals surface area contributed by atoms with Crippen molar-refractivity contribution in [2.24, 2.45) is 0 Å². The Labute approximate surface area is 146 Å². The number of piperazine rings is 2. The van der Waals surface area contributed by atoms with E-state index in [1.165, 1.54) is 77.2 Å². The first-order valence-corrected chi connectivity index (χ1v) is 9.85. The SMILES string of the molecule is c1ccc(CN2CCN([C@H]3CCC[C@@H]3N3CCNCC3)CC2)cc1. The number of rotatable bonds is 4. The van der Waals surface area contributed by atoms with Crippen LogP contribution in [0.25, 0.3) is 0 Å². The van der Waals surface area contributed by atoms with Gasteiger partial charge in [0.25, 0.3) is 0 Å². The largest absolute Gasteiger partial charge is 0.314 e. The van der Waals surface area contributed by atoms with Crippen molar-refractivity contribution >= 4 is 0 Å². The maximum atomic E-state index is 3.50. The van der Waals surface area contributed by atoms with E-state index in [1.54, 1.807) is 0 Å². The van der Waals surface area contributed by atoms with Gasteiger partial charge in [-0.2, -0.15) is 0 Å². The van der Waals surface area contributed by atoms with Gasteiger partial charge in [0.1, 0.15) is 0 Å². The normalized spacial score (nSPS) is 30.7. The minimum absolute atomic E-state index is 0.807. The monoisotopic (exact) mass is 328 g/mol. The summed E-state index contributed by atoms with van der Waals surface area (Å²) in [6.45, 7) is 10.9. The first-order valence-electron chi connectivity index (χ1n) is 9.85. The lowest BCUT2D eigenvalue weighted by Gasteiger charge is -2.44. The van der Waals surface area contributed by atoms with Crippen LogP contribution in [0.5, 0.6) is 0 Å². The molecule has 3 aliphatic rings. The average molecular weight is 329 g/mol. The molecular formula is C20H32N4. The summed E-state index contributed by atoms with van der Waals surface area (Å²) in [6, 6.07) is 12.5. The van der Waals surface area contributed by atoms with Gasteiger partial charge < -0.3 is 5.32 Å². The average Bonchev–Trinajstić information content (AvgIpc) is 3.14. The first kappa shape index (κ1) is 16.5. The van der Waals surface area contributed by atoms with Crippen LogP contribution in [0, 0.1) is 0 Å². The van der Waals surface area contributed by atoms with Gasteiger partial charge >= 0.3 is 0 Å². The van der Waals surface area contributed by atoms with Crippen LogP contribution in [0.2, 0.25) is 0 Å². The summed E-state index contributed by atoms with van der Waals surface area (Å²) in [7, 11) is 0. The van der Waals surface area contributed by atoms with Gasteiger partial charge in [0.2, 0.25) is 0 Å². The number of nitrogens with one attached hydrogen (secondary N) is 1. The Kier molecular flexibility index (Phi) is 5.48. The molecule has 2 aliphatic heterocycles. The minimum Gasteiger partial charge on any atom is -0.314 e. The predicted molar refractivity (Wildman–Crippen MR) is 99.2 cm³/mol. The van der Waals surface area contributed by atoms with E-state index in [-0.39, 0.29) is 0 Å². The maximum absolute atomic E-state index is 3.50. The van der Waals surface area contributed by atoms with Crippen molar-refractivity contribution in [3.63, 3.8) is 0 Å². The second-order valence-corrected chi connectivity index (χ2v) is 7.65. The van der Waals surface area contributed by atoms with Crippen LogP contribution >= 0.6 is 0 Å². The van der Waals surface area contributed by atoms with Crippen LogP contribution < -0.4 is 5.32 Å². The number of hydrogen-bond acceptors (Lipinski definition) is 4. The summed E-state index contributed by atoms with van der Waals surface area (Å²) in [5, 5.41) is 3.50. The molecule has 0 radical (unpaired) electrons. The second-order valence-electron chi connectivity index (χ2n) is 7.65. The lowest BCUT2D eigenvalue weighted by atomic mass is 10.1. The number of benzene rings is 1. The van der Waals surface area contributed by atoms with Crippen molar-refractivity contribution in [1.29, 1.82) is 0 Å². The zero-order valence-corrected chi connectivity index (χ0v) is 14.9. The minimum atomic E-state index is 0.807. The Hall–Kier alpha value is -0.940. The van der Waals surface area contributed by atoms with E-state index < -0.39 is 0 Å². The molecular weight excluding hydrogens is 296 g/mol.